The van der Waals surface area contributed by atoms with Gasteiger partial charge < -0.3 is 15.4 Å². The standard InChI is InChI=1S/C26H25N3O4/c1-33-21-14-12-20(13-15-21)29-25(31)22(27-26(29)32)16-17-23(30)28-24(18-8-4-2-5-9-18)19-10-6-3-7-11-19/h2-15,22,24H,16-17H2,1H3,(H,27,32)(H,28,30)/t22-/m0/s1. The third-order valence-corrected chi connectivity index (χ3v) is 5.58. The Balaban J connectivity index is 1.40. The average Bonchev–Trinajstić information content (AvgIpc) is 3.15. The summed E-state index contributed by atoms with van der Waals surface area (Å²) in [4.78, 5) is 39.1. The van der Waals surface area contributed by atoms with Crippen molar-refractivity contribution in [3.05, 3.63) is 96.1 Å². The fraction of sp³-hybridized carbons (Fsp3) is 0.192. The Bertz CT molecular complexity index is 1080. The van der Waals surface area contributed by atoms with Gasteiger partial charge in [0.1, 0.15) is 11.8 Å². The summed E-state index contributed by atoms with van der Waals surface area (Å²) in [5.74, 6) is 0.0590. The number of carbonyl (C=O) groups excluding carboxylic acids is 3. The lowest BCUT2D eigenvalue weighted by molar-refractivity contribution is -0.122. The number of hydrogen-bond donors (Lipinski definition) is 2. The van der Waals surface area contributed by atoms with Crippen LogP contribution >= 0.6 is 0 Å². The third-order valence-electron chi connectivity index (χ3n) is 5.58. The lowest BCUT2D eigenvalue weighted by Crippen LogP contribution is -2.34. The molecule has 4 amide bonds. The van der Waals surface area contributed by atoms with Crippen molar-refractivity contribution >= 4 is 23.5 Å². The van der Waals surface area contributed by atoms with Gasteiger partial charge in [0.15, 0.2) is 0 Å². The third kappa shape index (κ3) is 5.03. The van der Waals surface area contributed by atoms with E-state index in [0.29, 0.717) is 11.4 Å². The quantitative estimate of drug-likeness (QED) is 0.519. The van der Waals surface area contributed by atoms with Gasteiger partial charge in [0, 0.05) is 6.42 Å². The molecular formula is C26H25N3O4. The van der Waals surface area contributed by atoms with Crippen molar-refractivity contribution in [3.63, 3.8) is 0 Å². The maximum atomic E-state index is 12.8. The topological polar surface area (TPSA) is 87.7 Å². The minimum atomic E-state index is -0.753. The highest BCUT2D eigenvalue weighted by Crippen LogP contribution is 2.25. The molecule has 7 nitrogen and oxygen atoms in total. The molecule has 0 saturated carbocycles. The molecule has 0 spiro atoms. The van der Waals surface area contributed by atoms with Crippen LogP contribution in [-0.4, -0.2) is 31.0 Å². The van der Waals surface area contributed by atoms with Crippen LogP contribution in [-0.2, 0) is 9.59 Å². The highest BCUT2D eigenvalue weighted by atomic mass is 16.5. The van der Waals surface area contributed by atoms with Crippen molar-refractivity contribution in [2.24, 2.45) is 0 Å². The number of anilines is 1. The lowest BCUT2D eigenvalue weighted by Gasteiger charge is -2.20. The summed E-state index contributed by atoms with van der Waals surface area (Å²) in [5, 5.41) is 5.74. The van der Waals surface area contributed by atoms with Gasteiger partial charge in [0.25, 0.3) is 5.91 Å². The van der Waals surface area contributed by atoms with Crippen molar-refractivity contribution in [2.45, 2.75) is 24.9 Å². The summed E-state index contributed by atoms with van der Waals surface area (Å²) in [6.07, 6.45) is 0.308. The molecule has 0 aromatic heterocycles. The predicted molar refractivity (Wildman–Crippen MR) is 125 cm³/mol. The number of nitrogens with zero attached hydrogens (tertiary/aromatic N) is 1. The van der Waals surface area contributed by atoms with Crippen molar-refractivity contribution in [2.75, 3.05) is 12.0 Å². The molecule has 0 unspecified atom stereocenters. The molecule has 3 aromatic rings. The number of hydrogen-bond acceptors (Lipinski definition) is 4. The van der Waals surface area contributed by atoms with Crippen LogP contribution in [0.25, 0.3) is 0 Å². The van der Waals surface area contributed by atoms with Crippen molar-refractivity contribution in [1.29, 1.82) is 0 Å². The van der Waals surface area contributed by atoms with Gasteiger partial charge in [0.05, 0.1) is 18.8 Å². The van der Waals surface area contributed by atoms with Crippen LogP contribution in [0.4, 0.5) is 10.5 Å². The minimum Gasteiger partial charge on any atom is -0.497 e. The summed E-state index contributed by atoms with van der Waals surface area (Å²) in [6, 6.07) is 24.5. The second-order valence-electron chi connectivity index (χ2n) is 7.73. The summed E-state index contributed by atoms with van der Waals surface area (Å²) in [6.45, 7) is 0. The summed E-state index contributed by atoms with van der Waals surface area (Å²) in [5.41, 5.74) is 2.39. The molecule has 1 fully saturated rings. The highest BCUT2D eigenvalue weighted by molar-refractivity contribution is 6.21. The van der Waals surface area contributed by atoms with Gasteiger partial charge >= 0.3 is 6.03 Å². The molecule has 2 N–H and O–H groups in total. The van der Waals surface area contributed by atoms with E-state index in [1.807, 2.05) is 60.7 Å². The van der Waals surface area contributed by atoms with E-state index >= 15 is 0 Å². The molecule has 7 heteroatoms. The van der Waals surface area contributed by atoms with E-state index < -0.39 is 12.1 Å². The number of benzene rings is 3. The second-order valence-corrected chi connectivity index (χ2v) is 7.73. The van der Waals surface area contributed by atoms with E-state index in [9.17, 15) is 14.4 Å². The Morgan fingerprint density at radius 2 is 1.52 bits per heavy atom. The second kappa shape index (κ2) is 9.99. The molecule has 1 saturated heterocycles. The Morgan fingerprint density at radius 3 is 2.06 bits per heavy atom. The van der Waals surface area contributed by atoms with E-state index in [1.54, 1.807) is 31.4 Å². The Kier molecular flexibility index (Phi) is 6.69. The fourth-order valence-corrected chi connectivity index (χ4v) is 3.86. The van der Waals surface area contributed by atoms with E-state index in [2.05, 4.69) is 10.6 Å². The predicted octanol–water partition coefficient (Wildman–Crippen LogP) is 3.81. The van der Waals surface area contributed by atoms with Gasteiger partial charge in [-0.05, 0) is 41.8 Å². The summed E-state index contributed by atoms with van der Waals surface area (Å²) in [7, 11) is 1.55. The van der Waals surface area contributed by atoms with Gasteiger partial charge in [-0.15, -0.1) is 0 Å². The van der Waals surface area contributed by atoms with E-state index in [-0.39, 0.29) is 30.7 Å². The molecule has 1 aliphatic rings. The number of imide groups is 1. The number of nitrogens with one attached hydrogen (secondary N) is 2. The van der Waals surface area contributed by atoms with Crippen LogP contribution in [0.2, 0.25) is 0 Å². The first kappa shape index (κ1) is 22.1. The Labute approximate surface area is 192 Å². The first-order chi connectivity index (χ1) is 16.1. The number of methoxy groups -OCH3 is 1. The van der Waals surface area contributed by atoms with Crippen LogP contribution in [0.1, 0.15) is 30.0 Å². The smallest absolute Gasteiger partial charge is 0.329 e. The largest absolute Gasteiger partial charge is 0.497 e. The van der Waals surface area contributed by atoms with Crippen LogP contribution in [0.5, 0.6) is 5.75 Å². The maximum absolute atomic E-state index is 12.8. The average molecular weight is 444 g/mol. The molecule has 1 aliphatic heterocycles. The lowest BCUT2D eigenvalue weighted by atomic mass is 9.98. The molecule has 1 heterocycles. The molecule has 168 valence electrons. The molecule has 1 atom stereocenters. The SMILES string of the molecule is COc1ccc(N2C(=O)N[C@@H](CCC(=O)NC(c3ccccc3)c3ccccc3)C2=O)cc1. The van der Waals surface area contributed by atoms with Gasteiger partial charge in [-0.1, -0.05) is 60.7 Å². The van der Waals surface area contributed by atoms with Crippen LogP contribution < -0.4 is 20.3 Å². The number of amides is 4. The molecule has 4 rings (SSSR count). The number of ether oxygens (including phenoxy) is 1. The van der Waals surface area contributed by atoms with Gasteiger partial charge in [-0.3, -0.25) is 9.59 Å². The van der Waals surface area contributed by atoms with E-state index in [0.717, 1.165) is 16.0 Å². The number of rotatable bonds is 8. The number of carbonyl (C=O) groups is 3. The minimum absolute atomic E-state index is 0.101. The normalized spacial score (nSPS) is 15.5. The number of urea groups is 1. The Hall–Kier alpha value is -4.13. The molecule has 0 aliphatic carbocycles. The Morgan fingerprint density at radius 1 is 0.939 bits per heavy atom. The molecule has 3 aromatic carbocycles. The zero-order valence-corrected chi connectivity index (χ0v) is 18.2. The highest BCUT2D eigenvalue weighted by Gasteiger charge is 2.39. The summed E-state index contributed by atoms with van der Waals surface area (Å²) >= 11 is 0. The monoisotopic (exact) mass is 443 g/mol. The van der Waals surface area contributed by atoms with E-state index in [1.165, 1.54) is 0 Å². The molecule has 0 radical (unpaired) electrons. The molecule has 0 bridgehead atoms. The van der Waals surface area contributed by atoms with Gasteiger partial charge in [-0.2, -0.15) is 0 Å². The van der Waals surface area contributed by atoms with Gasteiger partial charge in [0.2, 0.25) is 5.91 Å². The first-order valence-electron chi connectivity index (χ1n) is 10.7. The van der Waals surface area contributed by atoms with Crippen molar-refractivity contribution in [3.8, 4) is 5.75 Å². The maximum Gasteiger partial charge on any atom is 0.329 e. The fourth-order valence-electron chi connectivity index (χ4n) is 3.86. The van der Waals surface area contributed by atoms with Gasteiger partial charge in [-0.25, -0.2) is 9.69 Å². The van der Waals surface area contributed by atoms with E-state index in [4.69, 9.17) is 4.74 Å². The van der Waals surface area contributed by atoms with Crippen LogP contribution in [0, 0.1) is 0 Å². The molecule has 33 heavy (non-hydrogen) atoms. The van der Waals surface area contributed by atoms with Crippen molar-refractivity contribution in [1.82, 2.24) is 10.6 Å². The summed E-state index contributed by atoms with van der Waals surface area (Å²) < 4.78 is 5.12. The van der Waals surface area contributed by atoms with Crippen LogP contribution in [0.15, 0.2) is 84.9 Å². The zero-order valence-electron chi connectivity index (χ0n) is 18.2. The molecular weight excluding hydrogens is 418 g/mol. The first-order valence-corrected chi connectivity index (χ1v) is 10.7. The van der Waals surface area contributed by atoms with Crippen molar-refractivity contribution < 1.29 is 19.1 Å². The zero-order chi connectivity index (χ0) is 23.2. The van der Waals surface area contributed by atoms with Crippen LogP contribution in [0.3, 0.4) is 0 Å².